The van der Waals surface area contributed by atoms with E-state index < -0.39 is 11.5 Å². The molecule has 3 aromatic rings. The molecule has 4 atom stereocenters. The SMILES string of the molecule is COc1ccc2c(c1)[C@@]1(C(=O)N2)[C@@H](C(=O)c2ccccc2)[C@@H](c2ccccc2)C[NH+]1C. The smallest absolute Gasteiger partial charge is 0.291 e. The summed E-state index contributed by atoms with van der Waals surface area (Å²) in [6.45, 7) is 0.678. The van der Waals surface area contributed by atoms with E-state index in [1.54, 1.807) is 7.11 Å². The van der Waals surface area contributed by atoms with Crippen molar-refractivity contribution in [2.75, 3.05) is 26.0 Å². The molecule has 1 saturated heterocycles. The second kappa shape index (κ2) is 7.36. The number of ether oxygens (including phenoxy) is 1. The van der Waals surface area contributed by atoms with Gasteiger partial charge in [-0.1, -0.05) is 60.7 Å². The number of hydrogen-bond acceptors (Lipinski definition) is 3. The fourth-order valence-corrected chi connectivity index (χ4v) is 5.51. The standard InChI is InChI=1S/C26H24N2O3/c1-28-16-20(17-9-5-3-6-10-17)23(24(29)18-11-7-4-8-12-18)26(28)21-15-19(31-2)13-14-22(21)27-25(26)30/h3-15,20,23H,16H2,1-2H3,(H,27,30)/p+1/t20-,23-,26+/m1/s1. The predicted octanol–water partition coefficient (Wildman–Crippen LogP) is 2.65. The molecule has 5 nitrogen and oxygen atoms in total. The van der Waals surface area contributed by atoms with E-state index >= 15 is 0 Å². The summed E-state index contributed by atoms with van der Waals surface area (Å²) in [4.78, 5) is 28.7. The van der Waals surface area contributed by atoms with E-state index in [9.17, 15) is 9.59 Å². The van der Waals surface area contributed by atoms with Crippen LogP contribution in [0.2, 0.25) is 0 Å². The highest BCUT2D eigenvalue weighted by Gasteiger charge is 2.68. The molecule has 2 heterocycles. The predicted molar refractivity (Wildman–Crippen MR) is 119 cm³/mol. The molecule has 5 heteroatoms. The van der Waals surface area contributed by atoms with Gasteiger partial charge in [0.2, 0.25) is 5.54 Å². The number of anilines is 1. The number of carbonyl (C=O) groups excluding carboxylic acids is 2. The van der Waals surface area contributed by atoms with Crippen LogP contribution in [-0.2, 0) is 10.3 Å². The maximum absolute atomic E-state index is 14.0. The summed E-state index contributed by atoms with van der Waals surface area (Å²) in [6, 6.07) is 25.0. The summed E-state index contributed by atoms with van der Waals surface area (Å²) >= 11 is 0. The molecule has 1 amide bonds. The number of methoxy groups -OCH3 is 1. The van der Waals surface area contributed by atoms with E-state index in [1.807, 2.05) is 73.8 Å². The number of nitrogens with one attached hydrogen (secondary N) is 2. The summed E-state index contributed by atoms with van der Waals surface area (Å²) in [6.07, 6.45) is 0. The topological polar surface area (TPSA) is 59.8 Å². The average Bonchev–Trinajstić information content (AvgIpc) is 3.29. The lowest BCUT2D eigenvalue weighted by Gasteiger charge is -2.32. The highest BCUT2D eigenvalue weighted by Crippen LogP contribution is 2.49. The lowest BCUT2D eigenvalue weighted by molar-refractivity contribution is -0.918. The zero-order chi connectivity index (χ0) is 21.6. The van der Waals surface area contributed by atoms with Gasteiger partial charge in [0.15, 0.2) is 5.78 Å². The molecular weight excluding hydrogens is 388 g/mol. The minimum Gasteiger partial charge on any atom is -0.497 e. The molecule has 0 saturated carbocycles. The second-order valence-electron chi connectivity index (χ2n) is 8.38. The first kappa shape index (κ1) is 19.5. The van der Waals surface area contributed by atoms with Crippen molar-refractivity contribution < 1.29 is 19.2 Å². The molecule has 2 aliphatic heterocycles. The Labute approximate surface area is 181 Å². The number of ketones is 1. The van der Waals surface area contributed by atoms with E-state index in [2.05, 4.69) is 17.4 Å². The normalized spacial score (nSPS) is 26.5. The minimum atomic E-state index is -1.02. The molecule has 0 radical (unpaired) electrons. The van der Waals surface area contributed by atoms with E-state index in [4.69, 9.17) is 4.74 Å². The van der Waals surface area contributed by atoms with Crippen molar-refractivity contribution in [1.29, 1.82) is 0 Å². The number of likely N-dealkylation sites (tertiary alicyclic amines) is 1. The molecule has 0 aromatic heterocycles. The number of amides is 1. The van der Waals surface area contributed by atoms with Crippen LogP contribution < -0.4 is 15.0 Å². The zero-order valence-corrected chi connectivity index (χ0v) is 17.6. The first-order valence-corrected chi connectivity index (χ1v) is 10.5. The molecule has 31 heavy (non-hydrogen) atoms. The molecule has 0 aliphatic carbocycles. The Bertz CT molecular complexity index is 1150. The van der Waals surface area contributed by atoms with E-state index in [0.29, 0.717) is 17.9 Å². The van der Waals surface area contributed by atoms with Gasteiger partial charge in [0.05, 0.1) is 37.9 Å². The lowest BCUT2D eigenvalue weighted by atomic mass is 9.70. The number of benzene rings is 3. The van der Waals surface area contributed by atoms with Gasteiger partial charge in [-0.25, -0.2) is 0 Å². The van der Waals surface area contributed by atoms with E-state index in [1.165, 1.54) is 0 Å². The van der Waals surface area contributed by atoms with Crippen LogP contribution in [0.1, 0.15) is 27.4 Å². The van der Waals surface area contributed by atoms with Gasteiger partial charge < -0.3 is 15.0 Å². The van der Waals surface area contributed by atoms with Gasteiger partial charge in [-0.2, -0.15) is 0 Å². The van der Waals surface area contributed by atoms with Crippen LogP contribution in [0.25, 0.3) is 0 Å². The molecule has 156 valence electrons. The zero-order valence-electron chi connectivity index (χ0n) is 17.6. The highest BCUT2D eigenvalue weighted by molar-refractivity contribution is 6.11. The third-order valence-corrected chi connectivity index (χ3v) is 6.89. The number of Topliss-reactive ketones (excluding diaryl/α,β-unsaturated/α-hetero) is 1. The number of likely N-dealkylation sites (N-methyl/N-ethyl adjacent to an activating group) is 1. The van der Waals surface area contributed by atoms with E-state index in [0.717, 1.165) is 21.7 Å². The molecule has 1 spiro atoms. The summed E-state index contributed by atoms with van der Waals surface area (Å²) < 4.78 is 5.47. The van der Waals surface area contributed by atoms with Crippen LogP contribution >= 0.6 is 0 Å². The molecule has 3 aromatic carbocycles. The second-order valence-corrected chi connectivity index (χ2v) is 8.38. The Hall–Kier alpha value is -3.44. The quantitative estimate of drug-likeness (QED) is 0.647. The molecule has 0 bridgehead atoms. The van der Waals surface area contributed by atoms with Gasteiger partial charge in [-0.15, -0.1) is 0 Å². The molecule has 2 aliphatic rings. The molecule has 1 fully saturated rings. The Morgan fingerprint density at radius 1 is 1.03 bits per heavy atom. The number of rotatable bonds is 4. The largest absolute Gasteiger partial charge is 0.497 e. The van der Waals surface area contributed by atoms with Crippen LogP contribution in [0.3, 0.4) is 0 Å². The maximum atomic E-state index is 14.0. The summed E-state index contributed by atoms with van der Waals surface area (Å²) in [5.41, 5.74) is 2.28. The molecular formula is C26H25N2O3+. The molecule has 2 N–H and O–H groups in total. The van der Waals surface area contributed by atoms with Crippen molar-refractivity contribution in [3.63, 3.8) is 0 Å². The Morgan fingerprint density at radius 2 is 1.71 bits per heavy atom. The lowest BCUT2D eigenvalue weighted by Crippen LogP contribution is -3.15. The van der Waals surface area contributed by atoms with Gasteiger partial charge >= 0.3 is 0 Å². The van der Waals surface area contributed by atoms with Gasteiger partial charge in [-0.3, -0.25) is 9.59 Å². The van der Waals surface area contributed by atoms with Crippen molar-refractivity contribution in [1.82, 2.24) is 0 Å². The average molecular weight is 413 g/mol. The van der Waals surface area contributed by atoms with Gasteiger partial charge in [0, 0.05) is 5.56 Å². The Balaban J connectivity index is 1.74. The third-order valence-electron chi connectivity index (χ3n) is 6.89. The number of fused-ring (bicyclic) bond motifs is 2. The summed E-state index contributed by atoms with van der Waals surface area (Å²) in [5, 5.41) is 3.05. The van der Waals surface area contributed by atoms with Crippen LogP contribution in [0.5, 0.6) is 5.75 Å². The maximum Gasteiger partial charge on any atom is 0.291 e. The van der Waals surface area contributed by atoms with Gasteiger partial charge in [-0.05, 0) is 23.8 Å². The van der Waals surface area contributed by atoms with Crippen molar-refractivity contribution in [3.8, 4) is 5.75 Å². The van der Waals surface area contributed by atoms with Crippen LogP contribution in [0, 0.1) is 5.92 Å². The van der Waals surface area contributed by atoms with Crippen molar-refractivity contribution >= 4 is 17.4 Å². The highest BCUT2D eigenvalue weighted by atomic mass is 16.5. The Morgan fingerprint density at radius 3 is 2.39 bits per heavy atom. The van der Waals surface area contributed by atoms with Gasteiger partial charge in [0.25, 0.3) is 5.91 Å². The fourth-order valence-electron chi connectivity index (χ4n) is 5.51. The van der Waals surface area contributed by atoms with Crippen LogP contribution in [-0.4, -0.2) is 32.4 Å². The van der Waals surface area contributed by atoms with Crippen molar-refractivity contribution in [2.45, 2.75) is 11.5 Å². The summed E-state index contributed by atoms with van der Waals surface area (Å²) in [5.74, 6) is -0.0722. The number of quaternary nitrogens is 1. The van der Waals surface area contributed by atoms with E-state index in [-0.39, 0.29) is 17.6 Å². The van der Waals surface area contributed by atoms with Crippen molar-refractivity contribution in [3.05, 3.63) is 95.6 Å². The van der Waals surface area contributed by atoms with Gasteiger partial charge in [0.1, 0.15) is 11.7 Å². The molecule has 5 rings (SSSR count). The van der Waals surface area contributed by atoms with Crippen LogP contribution in [0.15, 0.2) is 78.9 Å². The van der Waals surface area contributed by atoms with Crippen LogP contribution in [0.4, 0.5) is 5.69 Å². The Kier molecular flexibility index (Phi) is 4.63. The monoisotopic (exact) mass is 413 g/mol. The third kappa shape index (κ3) is 2.81. The first-order valence-electron chi connectivity index (χ1n) is 10.5. The number of hydrogen-bond donors (Lipinski definition) is 2. The number of carbonyl (C=O) groups is 2. The first-order chi connectivity index (χ1) is 15.1. The molecule has 1 unspecified atom stereocenters. The summed E-state index contributed by atoms with van der Waals surface area (Å²) in [7, 11) is 3.63. The minimum absolute atomic E-state index is 0.00266. The fraction of sp³-hybridized carbons (Fsp3) is 0.231. The van der Waals surface area contributed by atoms with Crippen molar-refractivity contribution in [2.24, 2.45) is 5.92 Å².